The Kier molecular flexibility index (Phi) is 3.23. The summed E-state index contributed by atoms with van der Waals surface area (Å²) in [6.45, 7) is 0. The molecule has 2 aromatic rings. The lowest BCUT2D eigenvalue weighted by Gasteiger charge is -2.13. The van der Waals surface area contributed by atoms with Crippen LogP contribution in [-0.2, 0) is 6.18 Å². The number of alkyl halides is 3. The van der Waals surface area contributed by atoms with E-state index in [-0.39, 0.29) is 20.8 Å². The minimum atomic E-state index is -4.49. The van der Waals surface area contributed by atoms with E-state index in [0.29, 0.717) is 0 Å². The van der Waals surface area contributed by atoms with E-state index in [1.54, 1.807) is 0 Å². The van der Waals surface area contributed by atoms with Crippen molar-refractivity contribution in [2.45, 2.75) is 6.18 Å². The van der Waals surface area contributed by atoms with Crippen molar-refractivity contribution in [3.05, 3.63) is 45.6 Å². The molecule has 1 nitrogen and oxygen atoms in total. The monoisotopic (exact) mass is 324 g/mol. The highest BCUT2D eigenvalue weighted by atomic mass is 79.9. The Morgan fingerprint density at radius 2 is 1.94 bits per heavy atom. The number of rotatable bonds is 1. The molecule has 0 atom stereocenters. The molecule has 0 spiro atoms. The van der Waals surface area contributed by atoms with Gasteiger partial charge in [0.05, 0.1) is 11.8 Å². The average Bonchev–Trinajstić information content (AvgIpc) is 2.67. The van der Waals surface area contributed by atoms with Gasteiger partial charge in [-0.1, -0.05) is 11.6 Å². The fourth-order valence-corrected chi connectivity index (χ4v) is 2.47. The van der Waals surface area contributed by atoms with Gasteiger partial charge in [0, 0.05) is 15.1 Å². The van der Waals surface area contributed by atoms with E-state index >= 15 is 0 Å². The van der Waals surface area contributed by atoms with Gasteiger partial charge in [-0.05, 0) is 40.2 Å². The van der Waals surface area contributed by atoms with Crippen molar-refractivity contribution < 1.29 is 17.6 Å². The summed E-state index contributed by atoms with van der Waals surface area (Å²) in [5.41, 5.74) is -0.876. The van der Waals surface area contributed by atoms with Gasteiger partial charge in [0.15, 0.2) is 0 Å². The third-order valence-corrected chi connectivity index (χ3v) is 2.97. The van der Waals surface area contributed by atoms with Gasteiger partial charge in [0.1, 0.15) is 5.76 Å². The summed E-state index contributed by atoms with van der Waals surface area (Å²) in [6, 6.07) is 5.26. The van der Waals surface area contributed by atoms with Crippen molar-refractivity contribution >= 4 is 27.5 Å². The smallest absolute Gasteiger partial charge is 0.417 e. The molecular formula is C11H5BrClF3O. The molecule has 1 aromatic heterocycles. The molecule has 90 valence electrons. The maximum Gasteiger partial charge on any atom is 0.417 e. The van der Waals surface area contributed by atoms with E-state index in [2.05, 4.69) is 15.9 Å². The molecule has 0 unspecified atom stereocenters. The van der Waals surface area contributed by atoms with Crippen LogP contribution in [-0.4, -0.2) is 0 Å². The minimum Gasteiger partial charge on any atom is -0.464 e. The predicted octanol–water partition coefficient (Wildman–Crippen LogP) is 5.38. The molecule has 1 heterocycles. The molecule has 2 rings (SSSR count). The van der Waals surface area contributed by atoms with E-state index in [0.717, 1.165) is 6.07 Å². The predicted molar refractivity (Wildman–Crippen MR) is 61.9 cm³/mol. The summed E-state index contributed by atoms with van der Waals surface area (Å²) in [7, 11) is 0. The SMILES string of the molecule is FC(F)(F)c1cc(Cl)cc(Br)c1-c1ccco1. The van der Waals surface area contributed by atoms with Crippen LogP contribution in [0.1, 0.15) is 5.56 Å². The third-order valence-electron chi connectivity index (χ3n) is 2.13. The first-order valence-electron chi connectivity index (χ1n) is 4.49. The molecule has 0 aliphatic carbocycles. The first-order chi connectivity index (χ1) is 7.89. The van der Waals surface area contributed by atoms with Gasteiger partial charge in [-0.2, -0.15) is 13.2 Å². The highest BCUT2D eigenvalue weighted by Gasteiger charge is 2.35. The van der Waals surface area contributed by atoms with Gasteiger partial charge in [-0.25, -0.2) is 0 Å². The quantitative estimate of drug-likeness (QED) is 0.686. The van der Waals surface area contributed by atoms with E-state index < -0.39 is 11.7 Å². The second-order valence-corrected chi connectivity index (χ2v) is 4.58. The Morgan fingerprint density at radius 3 is 2.47 bits per heavy atom. The van der Waals surface area contributed by atoms with Crippen LogP contribution in [0.5, 0.6) is 0 Å². The molecule has 0 N–H and O–H groups in total. The number of hydrogen-bond donors (Lipinski definition) is 0. The third kappa shape index (κ3) is 2.50. The zero-order chi connectivity index (χ0) is 12.6. The Labute approximate surface area is 108 Å². The van der Waals surface area contributed by atoms with E-state index in [1.165, 1.54) is 24.5 Å². The second kappa shape index (κ2) is 4.38. The summed E-state index contributed by atoms with van der Waals surface area (Å²) < 4.78 is 43.9. The average molecular weight is 326 g/mol. The highest BCUT2D eigenvalue weighted by molar-refractivity contribution is 9.10. The van der Waals surface area contributed by atoms with Gasteiger partial charge in [-0.15, -0.1) is 0 Å². The number of halogens is 5. The number of hydrogen-bond acceptors (Lipinski definition) is 1. The van der Waals surface area contributed by atoms with Crippen molar-refractivity contribution in [1.82, 2.24) is 0 Å². The summed E-state index contributed by atoms with van der Waals surface area (Å²) in [4.78, 5) is 0. The molecule has 0 saturated carbocycles. The van der Waals surface area contributed by atoms with Crippen LogP contribution in [0.4, 0.5) is 13.2 Å². The molecule has 1 aromatic carbocycles. The van der Waals surface area contributed by atoms with Crippen molar-refractivity contribution in [2.24, 2.45) is 0 Å². The summed E-state index contributed by atoms with van der Waals surface area (Å²) >= 11 is 8.70. The molecule has 0 fully saturated rings. The Morgan fingerprint density at radius 1 is 1.24 bits per heavy atom. The lowest BCUT2D eigenvalue weighted by atomic mass is 10.1. The van der Waals surface area contributed by atoms with Crippen LogP contribution >= 0.6 is 27.5 Å². The zero-order valence-electron chi connectivity index (χ0n) is 8.18. The van der Waals surface area contributed by atoms with Gasteiger partial charge >= 0.3 is 6.18 Å². The standard InChI is InChI=1S/C11H5BrClF3O/c12-8-5-6(13)4-7(11(14,15)16)10(8)9-2-1-3-17-9/h1-5H. The van der Waals surface area contributed by atoms with E-state index in [4.69, 9.17) is 16.0 Å². The van der Waals surface area contributed by atoms with Crippen LogP contribution in [0.15, 0.2) is 39.4 Å². The summed E-state index contributed by atoms with van der Waals surface area (Å²) in [6.07, 6.45) is -3.17. The van der Waals surface area contributed by atoms with Gasteiger partial charge in [-0.3, -0.25) is 0 Å². The molecule has 0 bridgehead atoms. The topological polar surface area (TPSA) is 13.1 Å². The fraction of sp³-hybridized carbons (Fsp3) is 0.0909. The molecule has 0 amide bonds. The molecule has 17 heavy (non-hydrogen) atoms. The molecule has 0 aliphatic heterocycles. The van der Waals surface area contributed by atoms with Gasteiger partial charge in [0.25, 0.3) is 0 Å². The van der Waals surface area contributed by atoms with Crippen molar-refractivity contribution in [3.63, 3.8) is 0 Å². The van der Waals surface area contributed by atoms with Crippen LogP contribution in [0.25, 0.3) is 11.3 Å². The Hall–Kier alpha value is -0.940. The number of benzene rings is 1. The Bertz CT molecular complexity index is 534. The molecule has 0 saturated heterocycles. The molecule has 6 heteroatoms. The first-order valence-corrected chi connectivity index (χ1v) is 5.67. The van der Waals surface area contributed by atoms with E-state index in [1.807, 2.05) is 0 Å². The molecule has 0 aliphatic rings. The summed E-state index contributed by atoms with van der Waals surface area (Å²) in [5, 5.41) is 0.0134. The zero-order valence-corrected chi connectivity index (χ0v) is 10.5. The molecule has 0 radical (unpaired) electrons. The van der Waals surface area contributed by atoms with Gasteiger partial charge < -0.3 is 4.42 Å². The van der Waals surface area contributed by atoms with Crippen LogP contribution in [0, 0.1) is 0 Å². The maximum absolute atomic E-state index is 12.9. The van der Waals surface area contributed by atoms with Crippen LogP contribution in [0.2, 0.25) is 5.02 Å². The fourth-order valence-electron chi connectivity index (χ4n) is 1.47. The second-order valence-electron chi connectivity index (χ2n) is 3.29. The number of furan rings is 1. The largest absolute Gasteiger partial charge is 0.464 e. The van der Waals surface area contributed by atoms with Crippen LogP contribution < -0.4 is 0 Å². The first kappa shape index (κ1) is 12.5. The highest BCUT2D eigenvalue weighted by Crippen LogP contribution is 2.42. The minimum absolute atomic E-state index is 0.0134. The van der Waals surface area contributed by atoms with Crippen molar-refractivity contribution in [2.75, 3.05) is 0 Å². The molecular weight excluding hydrogens is 320 g/mol. The van der Waals surface area contributed by atoms with Crippen molar-refractivity contribution in [1.29, 1.82) is 0 Å². The lowest BCUT2D eigenvalue weighted by Crippen LogP contribution is -2.07. The van der Waals surface area contributed by atoms with E-state index in [9.17, 15) is 13.2 Å². The maximum atomic E-state index is 12.9. The van der Waals surface area contributed by atoms with Crippen molar-refractivity contribution in [3.8, 4) is 11.3 Å². The van der Waals surface area contributed by atoms with Gasteiger partial charge in [0.2, 0.25) is 0 Å². The van der Waals surface area contributed by atoms with Crippen LogP contribution in [0.3, 0.4) is 0 Å². The summed E-state index contributed by atoms with van der Waals surface area (Å²) in [5.74, 6) is 0.140. The normalized spacial score (nSPS) is 11.8. The Balaban J connectivity index is 2.73. The lowest BCUT2D eigenvalue weighted by molar-refractivity contribution is -0.137.